The van der Waals surface area contributed by atoms with E-state index in [1.165, 1.54) is 22.3 Å². The number of para-hydroxylation sites is 4. The van der Waals surface area contributed by atoms with Crippen LogP contribution in [-0.2, 0) is 14.1 Å². The van der Waals surface area contributed by atoms with Gasteiger partial charge < -0.3 is 18.3 Å². The molecule has 250 valence electrons. The average Bonchev–Trinajstić information content (AvgIpc) is 3.71. The van der Waals surface area contributed by atoms with Crippen molar-refractivity contribution in [3.8, 4) is 55.9 Å². The van der Waals surface area contributed by atoms with Crippen LogP contribution < -0.4 is 9.13 Å². The largest absolute Gasteiger partial charge is 0.319 e. The van der Waals surface area contributed by atoms with Gasteiger partial charge in [0.15, 0.2) is 0 Å². The molecule has 0 aliphatic rings. The molecule has 0 amide bonds. The number of halogens is 2. The zero-order valence-corrected chi connectivity index (χ0v) is 31.7. The van der Waals surface area contributed by atoms with E-state index in [1.807, 2.05) is 23.2 Å². The van der Waals surface area contributed by atoms with Crippen LogP contribution >= 0.6 is 31.9 Å². The number of benzene rings is 7. The molecule has 0 spiro atoms. The lowest BCUT2D eigenvalue weighted by atomic mass is 9.90. The number of rotatable bonds is 6. The van der Waals surface area contributed by atoms with Gasteiger partial charge in [-0.2, -0.15) is 0 Å². The molecule has 4 nitrogen and oxygen atoms in total. The fourth-order valence-electron chi connectivity index (χ4n) is 7.30. The molecule has 0 aliphatic carbocycles. The van der Waals surface area contributed by atoms with Crippen molar-refractivity contribution in [2.24, 2.45) is 14.1 Å². The summed E-state index contributed by atoms with van der Waals surface area (Å²) in [4.78, 5) is 0. The van der Waals surface area contributed by atoms with Gasteiger partial charge in [-0.15, -0.1) is 0 Å². The van der Waals surface area contributed by atoms with Gasteiger partial charge in [0.2, 0.25) is 12.7 Å². The molecule has 0 bridgehead atoms. The van der Waals surface area contributed by atoms with Crippen LogP contribution in [0.4, 0.5) is 0 Å². The molecule has 2 heterocycles. The van der Waals surface area contributed by atoms with Gasteiger partial charge in [-0.25, -0.2) is 0 Å². The van der Waals surface area contributed by atoms with Crippen molar-refractivity contribution in [2.75, 3.05) is 0 Å². The van der Waals surface area contributed by atoms with Crippen molar-refractivity contribution in [3.05, 3.63) is 179 Å². The highest BCUT2D eigenvalue weighted by atomic mass is 79.9. The molecule has 6 heteroatoms. The summed E-state index contributed by atoms with van der Waals surface area (Å²) in [7, 11) is 4.07. The Morgan fingerprint density at radius 1 is 0.404 bits per heavy atom. The minimum atomic E-state index is 1.03. The fraction of sp³-hybridized carbons (Fsp3) is 0.0435. The first kappa shape index (κ1) is 32.4. The highest BCUT2D eigenvalue weighted by Crippen LogP contribution is 2.41. The number of fused-ring (bicyclic) bond motifs is 2. The molecule has 9 rings (SSSR count). The normalized spacial score (nSPS) is 11.5. The third-order valence-corrected chi connectivity index (χ3v) is 11.1. The molecule has 0 saturated heterocycles. The number of aryl methyl sites for hydroxylation is 2. The van der Waals surface area contributed by atoms with E-state index in [4.69, 9.17) is 0 Å². The van der Waals surface area contributed by atoms with Crippen molar-refractivity contribution < 1.29 is 9.13 Å². The second-order valence-corrected chi connectivity index (χ2v) is 14.7. The molecule has 0 fully saturated rings. The molecule has 0 unspecified atom stereocenters. The Morgan fingerprint density at radius 2 is 0.808 bits per heavy atom. The Labute approximate surface area is 319 Å². The first-order valence-corrected chi connectivity index (χ1v) is 18.7. The molecule has 52 heavy (non-hydrogen) atoms. The van der Waals surface area contributed by atoms with Crippen molar-refractivity contribution in [1.29, 1.82) is 0 Å². The predicted molar refractivity (Wildman–Crippen MR) is 217 cm³/mol. The summed E-state index contributed by atoms with van der Waals surface area (Å²) in [5.74, 6) is 0. The van der Waals surface area contributed by atoms with E-state index in [2.05, 4.69) is 211 Å². The Bertz CT molecular complexity index is 2620. The van der Waals surface area contributed by atoms with E-state index in [9.17, 15) is 0 Å². The van der Waals surface area contributed by atoms with Crippen molar-refractivity contribution in [2.45, 2.75) is 0 Å². The number of hydrogen-bond acceptors (Lipinski definition) is 0. The van der Waals surface area contributed by atoms with E-state index in [0.717, 1.165) is 64.6 Å². The van der Waals surface area contributed by atoms with Gasteiger partial charge in [0, 0.05) is 8.95 Å². The van der Waals surface area contributed by atoms with Gasteiger partial charge in [-0.05, 0) is 62.7 Å². The fourth-order valence-corrected chi connectivity index (χ4v) is 8.46. The Morgan fingerprint density at radius 3 is 1.25 bits per heavy atom. The highest BCUT2D eigenvalue weighted by Gasteiger charge is 2.16. The molecule has 9 aromatic rings. The SMILES string of the molecule is C[n+]1[c-]n(-c2ccc(-c3ccccc3-c3cccc(-c4ccccc4-c4ccc(-n5[c-][n+](C)c6ccccc65)cc4Br)c3)c(Br)c2)c2ccccc21. The van der Waals surface area contributed by atoms with Crippen LogP contribution in [0, 0.1) is 12.7 Å². The highest BCUT2D eigenvalue weighted by molar-refractivity contribution is 9.11. The van der Waals surface area contributed by atoms with E-state index >= 15 is 0 Å². The van der Waals surface area contributed by atoms with Crippen LogP contribution in [0.25, 0.3) is 77.9 Å². The maximum Gasteiger partial charge on any atom is 0.244 e. The molecule has 7 aromatic carbocycles. The van der Waals surface area contributed by atoms with Crippen LogP contribution in [0.3, 0.4) is 0 Å². The number of aromatic nitrogens is 4. The maximum atomic E-state index is 3.94. The zero-order valence-electron chi connectivity index (χ0n) is 28.6. The third kappa shape index (κ3) is 5.59. The lowest BCUT2D eigenvalue weighted by Crippen LogP contribution is -2.26. The van der Waals surface area contributed by atoms with Crippen LogP contribution in [0.1, 0.15) is 0 Å². The van der Waals surface area contributed by atoms with Crippen LogP contribution in [0.5, 0.6) is 0 Å². The molecular formula is C46H32Br2N4. The second kappa shape index (κ2) is 13.2. The Kier molecular flexibility index (Phi) is 8.22. The number of hydrogen-bond donors (Lipinski definition) is 0. The Hall–Kier alpha value is -5.56. The summed E-state index contributed by atoms with van der Waals surface area (Å²) in [5, 5.41) is 0. The van der Waals surface area contributed by atoms with Gasteiger partial charge in [0.05, 0.1) is 47.5 Å². The third-order valence-electron chi connectivity index (χ3n) is 9.81. The monoisotopic (exact) mass is 798 g/mol. The lowest BCUT2D eigenvalue weighted by molar-refractivity contribution is -0.649. The molecular weight excluding hydrogens is 768 g/mol. The summed E-state index contributed by atoms with van der Waals surface area (Å²) in [6, 6.07) is 56.1. The smallest absolute Gasteiger partial charge is 0.244 e. The summed E-state index contributed by atoms with van der Waals surface area (Å²) < 4.78 is 10.4. The molecule has 0 radical (unpaired) electrons. The van der Waals surface area contributed by atoms with E-state index in [-0.39, 0.29) is 0 Å². The summed E-state index contributed by atoms with van der Waals surface area (Å²) >= 11 is 7.88. The average molecular weight is 801 g/mol. The topological polar surface area (TPSA) is 17.6 Å². The molecule has 0 N–H and O–H groups in total. The summed E-state index contributed by atoms with van der Waals surface area (Å²) in [5.41, 5.74) is 15.9. The van der Waals surface area contributed by atoms with Gasteiger partial charge in [-0.3, -0.25) is 0 Å². The van der Waals surface area contributed by atoms with Crippen LogP contribution in [-0.4, -0.2) is 9.13 Å². The van der Waals surface area contributed by atoms with Crippen molar-refractivity contribution in [3.63, 3.8) is 0 Å². The molecule has 2 aromatic heterocycles. The molecule has 0 atom stereocenters. The van der Waals surface area contributed by atoms with Crippen LogP contribution in [0.15, 0.2) is 167 Å². The zero-order chi connectivity index (χ0) is 35.3. The van der Waals surface area contributed by atoms with E-state index in [1.54, 1.807) is 0 Å². The second-order valence-electron chi connectivity index (χ2n) is 13.0. The molecule has 0 saturated carbocycles. The van der Waals surface area contributed by atoms with Gasteiger partial charge in [0.1, 0.15) is 0 Å². The minimum Gasteiger partial charge on any atom is -0.319 e. The van der Waals surface area contributed by atoms with Crippen molar-refractivity contribution >= 4 is 53.9 Å². The van der Waals surface area contributed by atoms with Crippen LogP contribution in [0.2, 0.25) is 0 Å². The summed E-state index contributed by atoms with van der Waals surface area (Å²) in [6.07, 6.45) is 6.92. The van der Waals surface area contributed by atoms with Gasteiger partial charge in [-0.1, -0.05) is 171 Å². The Balaban J connectivity index is 1.08. The standard InChI is InChI=1S/C46H32Br2N4/c1-49-29-51(45-20-9-7-18-43(45)49)33-22-24-39(41(47)27-33)37-16-5-3-14-35(37)31-12-11-13-32(26-31)36-15-4-6-17-38(36)40-25-23-34(28-42(40)48)52-30-50(2)44-19-8-10-21-46(44)52/h3-28H,1-2H3. The molecule has 0 aliphatic heterocycles. The first-order valence-electron chi connectivity index (χ1n) is 17.1. The lowest BCUT2D eigenvalue weighted by Gasteiger charge is -2.16. The number of nitrogens with zero attached hydrogens (tertiary/aromatic N) is 4. The maximum absolute atomic E-state index is 3.94. The summed E-state index contributed by atoms with van der Waals surface area (Å²) in [6.45, 7) is 0. The van der Waals surface area contributed by atoms with E-state index < -0.39 is 0 Å². The first-order chi connectivity index (χ1) is 25.4. The van der Waals surface area contributed by atoms with E-state index in [0.29, 0.717) is 0 Å². The predicted octanol–water partition coefficient (Wildman–Crippen LogP) is 11.0. The minimum absolute atomic E-state index is 1.03. The van der Waals surface area contributed by atoms with Crippen molar-refractivity contribution in [1.82, 2.24) is 9.13 Å². The van der Waals surface area contributed by atoms with Gasteiger partial charge >= 0.3 is 0 Å². The quantitative estimate of drug-likeness (QED) is 0.118. The number of imidazole rings is 2. The van der Waals surface area contributed by atoms with Gasteiger partial charge in [0.25, 0.3) is 0 Å².